The summed E-state index contributed by atoms with van der Waals surface area (Å²) in [4.78, 5) is 13.7. The van der Waals surface area contributed by atoms with E-state index in [-0.39, 0.29) is 6.03 Å². The van der Waals surface area contributed by atoms with Gasteiger partial charge in [0.15, 0.2) is 0 Å². The number of hydrogen-bond acceptors (Lipinski definition) is 3. The Bertz CT molecular complexity index is 438. The Hall–Kier alpha value is -1.59. The van der Waals surface area contributed by atoms with Gasteiger partial charge in [-0.15, -0.1) is 0 Å². The number of rotatable bonds is 3. The molecule has 5 nitrogen and oxygen atoms in total. The number of hydrogen-bond donors (Lipinski definition) is 3. The average Bonchev–Trinajstić information content (AvgIpc) is 2.45. The van der Waals surface area contributed by atoms with Crippen molar-refractivity contribution in [1.82, 2.24) is 15.6 Å². The van der Waals surface area contributed by atoms with Gasteiger partial charge in [0.1, 0.15) is 0 Å². The van der Waals surface area contributed by atoms with Crippen molar-refractivity contribution < 1.29 is 4.79 Å². The molecule has 2 heterocycles. The van der Waals surface area contributed by atoms with E-state index in [0.717, 1.165) is 19.6 Å². The van der Waals surface area contributed by atoms with E-state index in [1.165, 1.54) is 12.0 Å². The number of nitrogens with zero attached hydrogens (tertiary/aromatic N) is 1. The Kier molecular flexibility index (Phi) is 3.40. The molecule has 0 radical (unpaired) electrons. The monoisotopic (exact) mass is 260 g/mol. The summed E-state index contributed by atoms with van der Waals surface area (Å²) in [5, 5.41) is 2.95. The predicted molar refractivity (Wildman–Crippen MR) is 73.0 cm³/mol. The van der Waals surface area contributed by atoms with Crippen molar-refractivity contribution in [2.75, 3.05) is 13.1 Å². The molecule has 5 heteroatoms. The first-order chi connectivity index (χ1) is 9.26. The molecule has 2 amide bonds. The maximum absolute atomic E-state index is 11.3. The molecule has 2 bridgehead atoms. The maximum Gasteiger partial charge on any atom is 0.329 e. The van der Waals surface area contributed by atoms with Gasteiger partial charge in [-0.2, -0.15) is 0 Å². The van der Waals surface area contributed by atoms with E-state index in [1.54, 1.807) is 0 Å². The molecular weight excluding hydrogens is 240 g/mol. The lowest BCUT2D eigenvalue weighted by atomic mass is 9.66. The van der Waals surface area contributed by atoms with Crippen LogP contribution in [0.2, 0.25) is 0 Å². The molecule has 4 N–H and O–H groups in total. The summed E-state index contributed by atoms with van der Waals surface area (Å²) in [5.41, 5.74) is 3.50. The second kappa shape index (κ2) is 5.19. The molecule has 1 saturated carbocycles. The minimum atomic E-state index is -0.267. The Morgan fingerprint density at radius 2 is 1.95 bits per heavy atom. The number of fused-ring (bicyclic) bond motifs is 2. The number of piperidine rings is 2. The van der Waals surface area contributed by atoms with Gasteiger partial charge in [-0.1, -0.05) is 30.3 Å². The molecule has 1 aromatic rings. The fourth-order valence-corrected chi connectivity index (χ4v) is 3.38. The van der Waals surface area contributed by atoms with Crippen LogP contribution in [0.4, 0.5) is 4.79 Å². The van der Waals surface area contributed by atoms with Crippen LogP contribution < -0.4 is 16.6 Å². The number of nitrogens with one attached hydrogen (secondary N) is 2. The van der Waals surface area contributed by atoms with Gasteiger partial charge in [0, 0.05) is 25.7 Å². The SMILES string of the molecule is NNC(=O)NC1C2CC1CN(Cc1ccccc1)C2. The molecule has 0 aromatic heterocycles. The molecule has 102 valence electrons. The largest absolute Gasteiger partial charge is 0.334 e. The first kappa shape index (κ1) is 12.4. The first-order valence-electron chi connectivity index (χ1n) is 6.79. The number of carbonyl (C=O) groups is 1. The van der Waals surface area contributed by atoms with E-state index >= 15 is 0 Å². The molecule has 2 unspecified atom stereocenters. The van der Waals surface area contributed by atoms with Crippen molar-refractivity contribution in [3.8, 4) is 0 Å². The van der Waals surface area contributed by atoms with Crippen LogP contribution in [0.3, 0.4) is 0 Å². The van der Waals surface area contributed by atoms with Crippen molar-refractivity contribution in [2.45, 2.75) is 19.0 Å². The van der Waals surface area contributed by atoms with Crippen LogP contribution in [0.1, 0.15) is 12.0 Å². The van der Waals surface area contributed by atoms with Gasteiger partial charge in [-0.05, 0) is 23.8 Å². The molecule has 0 spiro atoms. The lowest BCUT2D eigenvalue weighted by Crippen LogP contribution is -2.65. The van der Waals surface area contributed by atoms with Gasteiger partial charge in [0.25, 0.3) is 0 Å². The van der Waals surface area contributed by atoms with Crippen LogP contribution in [0, 0.1) is 11.8 Å². The molecule has 1 aliphatic carbocycles. The smallest absolute Gasteiger partial charge is 0.329 e. The second-order valence-electron chi connectivity index (χ2n) is 5.58. The normalized spacial score (nSPS) is 29.4. The number of carbonyl (C=O) groups excluding carboxylic acids is 1. The van der Waals surface area contributed by atoms with Crippen molar-refractivity contribution in [3.63, 3.8) is 0 Å². The fourth-order valence-electron chi connectivity index (χ4n) is 3.38. The van der Waals surface area contributed by atoms with E-state index in [4.69, 9.17) is 5.84 Å². The molecule has 3 aliphatic rings. The van der Waals surface area contributed by atoms with Crippen molar-refractivity contribution in [3.05, 3.63) is 35.9 Å². The highest BCUT2D eigenvalue weighted by Gasteiger charge is 2.47. The van der Waals surface area contributed by atoms with Crippen LogP contribution in [0.5, 0.6) is 0 Å². The Balaban J connectivity index is 1.54. The number of amides is 2. The van der Waals surface area contributed by atoms with Gasteiger partial charge >= 0.3 is 6.03 Å². The van der Waals surface area contributed by atoms with Gasteiger partial charge in [0.05, 0.1) is 0 Å². The van der Waals surface area contributed by atoms with Crippen molar-refractivity contribution >= 4 is 6.03 Å². The molecule has 1 aromatic carbocycles. The first-order valence-corrected chi connectivity index (χ1v) is 6.79. The van der Waals surface area contributed by atoms with Gasteiger partial charge < -0.3 is 5.32 Å². The van der Waals surface area contributed by atoms with Gasteiger partial charge in [0.2, 0.25) is 0 Å². The van der Waals surface area contributed by atoms with E-state index < -0.39 is 0 Å². The van der Waals surface area contributed by atoms with Gasteiger partial charge in [-0.3, -0.25) is 10.3 Å². The molecule has 2 aliphatic heterocycles. The van der Waals surface area contributed by atoms with E-state index in [1.807, 2.05) is 6.07 Å². The number of hydrazine groups is 1. The summed E-state index contributed by atoms with van der Waals surface area (Å²) >= 11 is 0. The molecule has 2 saturated heterocycles. The third-order valence-corrected chi connectivity index (χ3v) is 4.28. The summed E-state index contributed by atoms with van der Waals surface area (Å²) in [6, 6.07) is 10.6. The molecule has 2 atom stereocenters. The molecular formula is C14H20N4O. The zero-order chi connectivity index (χ0) is 13.2. The van der Waals surface area contributed by atoms with E-state index in [9.17, 15) is 4.79 Å². The average molecular weight is 260 g/mol. The summed E-state index contributed by atoms with van der Waals surface area (Å²) in [6.45, 7) is 3.12. The second-order valence-corrected chi connectivity index (χ2v) is 5.58. The highest BCUT2D eigenvalue weighted by molar-refractivity contribution is 5.73. The highest BCUT2D eigenvalue weighted by Crippen LogP contribution is 2.40. The molecule has 3 fully saturated rings. The van der Waals surface area contributed by atoms with Crippen LogP contribution in [-0.4, -0.2) is 30.1 Å². The number of urea groups is 1. The van der Waals surface area contributed by atoms with Crippen molar-refractivity contribution in [2.24, 2.45) is 17.7 Å². The standard InChI is InChI=1S/C14H20N4O/c15-17-14(19)16-13-11-6-12(13)9-18(8-11)7-10-4-2-1-3-5-10/h1-5,11-13H,6-9,15H2,(H2,16,17,19). The zero-order valence-electron chi connectivity index (χ0n) is 10.9. The highest BCUT2D eigenvalue weighted by atomic mass is 16.2. The lowest BCUT2D eigenvalue weighted by molar-refractivity contribution is -0.0133. The molecule has 19 heavy (non-hydrogen) atoms. The minimum absolute atomic E-state index is 0.267. The fraction of sp³-hybridized carbons (Fsp3) is 0.500. The Morgan fingerprint density at radius 1 is 1.26 bits per heavy atom. The van der Waals surface area contributed by atoms with E-state index in [2.05, 4.69) is 39.9 Å². The minimum Gasteiger partial charge on any atom is -0.334 e. The topological polar surface area (TPSA) is 70.4 Å². The number of benzene rings is 1. The number of nitrogens with two attached hydrogens (primary N) is 1. The van der Waals surface area contributed by atoms with Crippen LogP contribution >= 0.6 is 0 Å². The van der Waals surface area contributed by atoms with E-state index in [0.29, 0.717) is 17.9 Å². The molecule has 4 rings (SSSR count). The Morgan fingerprint density at radius 3 is 2.58 bits per heavy atom. The summed E-state index contributed by atoms with van der Waals surface area (Å²) < 4.78 is 0. The maximum atomic E-state index is 11.3. The van der Waals surface area contributed by atoms with Crippen LogP contribution in [0.25, 0.3) is 0 Å². The van der Waals surface area contributed by atoms with Crippen molar-refractivity contribution in [1.29, 1.82) is 0 Å². The summed E-state index contributed by atoms with van der Waals surface area (Å²) in [7, 11) is 0. The van der Waals surface area contributed by atoms with Crippen LogP contribution in [-0.2, 0) is 6.54 Å². The summed E-state index contributed by atoms with van der Waals surface area (Å²) in [6.07, 6.45) is 1.22. The van der Waals surface area contributed by atoms with Crippen LogP contribution in [0.15, 0.2) is 30.3 Å². The lowest BCUT2D eigenvalue weighted by Gasteiger charge is -2.53. The zero-order valence-corrected chi connectivity index (χ0v) is 10.9. The third-order valence-electron chi connectivity index (χ3n) is 4.28. The quantitative estimate of drug-likeness (QED) is 0.425. The predicted octanol–water partition coefficient (Wildman–Crippen LogP) is 0.680. The summed E-state index contributed by atoms with van der Waals surface area (Å²) in [5.74, 6) is 6.24. The third kappa shape index (κ3) is 2.57. The Labute approximate surface area is 113 Å². The van der Waals surface area contributed by atoms with Gasteiger partial charge in [-0.25, -0.2) is 10.6 Å².